The standard InChI is InChI=1S/C24H19FN4O4S/c1-33-24-27-13-20(14-28-24)34(31,32)19-9-4-16(5-10-19)23(30)29-22-12-17(6-11-21(22)26)15-2-7-18(25)8-3-15/h2-14H,26H2,1H3,(H,29,30). The van der Waals surface area contributed by atoms with Gasteiger partial charge in [0, 0.05) is 5.56 Å². The van der Waals surface area contributed by atoms with Crippen molar-refractivity contribution in [2.45, 2.75) is 9.79 Å². The Morgan fingerprint density at radius 3 is 2.15 bits per heavy atom. The Kier molecular flexibility index (Phi) is 6.24. The Morgan fingerprint density at radius 1 is 0.912 bits per heavy atom. The Bertz CT molecular complexity index is 1440. The molecule has 0 aliphatic carbocycles. The van der Waals surface area contributed by atoms with Gasteiger partial charge < -0.3 is 15.8 Å². The van der Waals surface area contributed by atoms with Gasteiger partial charge in [0.2, 0.25) is 9.84 Å². The fourth-order valence-electron chi connectivity index (χ4n) is 3.15. The lowest BCUT2D eigenvalue weighted by molar-refractivity contribution is 0.102. The van der Waals surface area contributed by atoms with Gasteiger partial charge in [-0.2, -0.15) is 0 Å². The molecule has 1 amide bonds. The smallest absolute Gasteiger partial charge is 0.316 e. The van der Waals surface area contributed by atoms with E-state index in [4.69, 9.17) is 10.5 Å². The number of nitrogens with two attached hydrogens (primary N) is 1. The van der Waals surface area contributed by atoms with Crippen LogP contribution in [0.15, 0.2) is 88.9 Å². The van der Waals surface area contributed by atoms with Gasteiger partial charge in [-0.15, -0.1) is 0 Å². The van der Waals surface area contributed by atoms with E-state index in [1.54, 1.807) is 30.3 Å². The van der Waals surface area contributed by atoms with Gasteiger partial charge in [-0.05, 0) is 59.7 Å². The van der Waals surface area contributed by atoms with Crippen LogP contribution in [0.25, 0.3) is 11.1 Å². The van der Waals surface area contributed by atoms with Crippen molar-refractivity contribution in [3.8, 4) is 17.1 Å². The van der Waals surface area contributed by atoms with Crippen molar-refractivity contribution >= 4 is 27.1 Å². The summed E-state index contributed by atoms with van der Waals surface area (Å²) in [5.74, 6) is -0.822. The van der Waals surface area contributed by atoms with Crippen LogP contribution in [0, 0.1) is 5.82 Å². The summed E-state index contributed by atoms with van der Waals surface area (Å²) < 4.78 is 43.6. The monoisotopic (exact) mass is 478 g/mol. The highest BCUT2D eigenvalue weighted by atomic mass is 32.2. The van der Waals surface area contributed by atoms with Crippen molar-refractivity contribution in [1.29, 1.82) is 0 Å². The molecule has 10 heteroatoms. The first kappa shape index (κ1) is 22.9. The predicted molar refractivity (Wildman–Crippen MR) is 125 cm³/mol. The first-order valence-electron chi connectivity index (χ1n) is 9.96. The fourth-order valence-corrected chi connectivity index (χ4v) is 4.30. The number of ether oxygens (including phenoxy) is 1. The van der Waals surface area contributed by atoms with Gasteiger partial charge >= 0.3 is 6.01 Å². The molecular formula is C24H19FN4O4S. The average molecular weight is 479 g/mol. The summed E-state index contributed by atoms with van der Waals surface area (Å²) in [5, 5.41) is 2.73. The largest absolute Gasteiger partial charge is 0.467 e. The quantitative estimate of drug-likeness (QED) is 0.402. The number of halogens is 1. The molecule has 8 nitrogen and oxygen atoms in total. The summed E-state index contributed by atoms with van der Waals surface area (Å²) in [6, 6.07) is 16.5. The maximum Gasteiger partial charge on any atom is 0.316 e. The van der Waals surface area contributed by atoms with E-state index in [1.807, 2.05) is 0 Å². The zero-order chi connectivity index (χ0) is 24.3. The normalized spacial score (nSPS) is 11.1. The minimum absolute atomic E-state index is 0.0179. The van der Waals surface area contributed by atoms with Gasteiger partial charge in [-0.25, -0.2) is 22.8 Å². The molecule has 4 rings (SSSR count). The third-order valence-corrected chi connectivity index (χ3v) is 6.73. The molecule has 172 valence electrons. The summed E-state index contributed by atoms with van der Waals surface area (Å²) in [5.41, 5.74) is 8.46. The van der Waals surface area contributed by atoms with Gasteiger partial charge in [-0.1, -0.05) is 18.2 Å². The molecule has 34 heavy (non-hydrogen) atoms. The number of anilines is 2. The summed E-state index contributed by atoms with van der Waals surface area (Å²) in [7, 11) is -2.50. The van der Waals surface area contributed by atoms with Gasteiger partial charge in [0.15, 0.2) is 0 Å². The zero-order valence-corrected chi connectivity index (χ0v) is 18.7. The highest BCUT2D eigenvalue weighted by molar-refractivity contribution is 7.91. The number of sulfone groups is 1. The van der Waals surface area contributed by atoms with Crippen molar-refractivity contribution < 1.29 is 22.3 Å². The summed E-state index contributed by atoms with van der Waals surface area (Å²) in [6.45, 7) is 0. The number of hydrogen-bond donors (Lipinski definition) is 2. The van der Waals surface area contributed by atoms with E-state index in [2.05, 4.69) is 15.3 Å². The number of nitrogens with zero attached hydrogens (tertiary/aromatic N) is 2. The molecule has 0 unspecified atom stereocenters. The topological polar surface area (TPSA) is 124 Å². The third-order valence-electron chi connectivity index (χ3n) is 5.00. The summed E-state index contributed by atoms with van der Waals surface area (Å²) in [4.78, 5) is 20.3. The van der Waals surface area contributed by atoms with E-state index in [0.29, 0.717) is 11.4 Å². The van der Waals surface area contributed by atoms with Crippen LogP contribution < -0.4 is 15.8 Å². The van der Waals surface area contributed by atoms with Crippen LogP contribution in [0.5, 0.6) is 6.01 Å². The lowest BCUT2D eigenvalue weighted by Crippen LogP contribution is -2.13. The van der Waals surface area contributed by atoms with Crippen molar-refractivity contribution in [3.63, 3.8) is 0 Å². The molecule has 0 spiro atoms. The van der Waals surface area contributed by atoms with Crippen LogP contribution in [-0.2, 0) is 9.84 Å². The van der Waals surface area contributed by atoms with Crippen molar-refractivity contribution in [1.82, 2.24) is 9.97 Å². The number of benzene rings is 3. The van der Waals surface area contributed by atoms with E-state index in [-0.39, 0.29) is 27.2 Å². The van der Waals surface area contributed by atoms with E-state index < -0.39 is 15.7 Å². The second kappa shape index (κ2) is 9.28. The molecule has 4 aromatic rings. The maximum atomic E-state index is 13.2. The number of amides is 1. The minimum Gasteiger partial charge on any atom is -0.467 e. The number of carbonyl (C=O) groups is 1. The molecule has 0 aliphatic heterocycles. The van der Waals surface area contributed by atoms with Gasteiger partial charge in [0.05, 0.1) is 35.8 Å². The van der Waals surface area contributed by atoms with Gasteiger partial charge in [-0.3, -0.25) is 4.79 Å². The minimum atomic E-state index is -3.87. The summed E-state index contributed by atoms with van der Waals surface area (Å²) >= 11 is 0. The van der Waals surface area contributed by atoms with Crippen LogP contribution in [0.3, 0.4) is 0 Å². The van der Waals surface area contributed by atoms with Crippen molar-refractivity contribution in [2.75, 3.05) is 18.2 Å². The van der Waals surface area contributed by atoms with E-state index >= 15 is 0 Å². The second-order valence-corrected chi connectivity index (χ2v) is 9.15. The molecule has 0 saturated heterocycles. The third kappa shape index (κ3) is 4.71. The number of nitrogen functional groups attached to an aromatic ring is 1. The fraction of sp³-hybridized carbons (Fsp3) is 0.0417. The van der Waals surface area contributed by atoms with E-state index in [0.717, 1.165) is 23.5 Å². The SMILES string of the molecule is COc1ncc(S(=O)(=O)c2ccc(C(=O)Nc3cc(-c4ccc(F)cc4)ccc3N)cc2)cn1. The molecule has 0 saturated carbocycles. The van der Waals surface area contributed by atoms with Crippen LogP contribution >= 0.6 is 0 Å². The number of rotatable bonds is 6. The Hall–Kier alpha value is -4.31. The number of hydrogen-bond acceptors (Lipinski definition) is 7. The molecule has 1 heterocycles. The molecule has 1 aromatic heterocycles. The van der Waals surface area contributed by atoms with Crippen LogP contribution in [-0.4, -0.2) is 31.4 Å². The number of carbonyl (C=O) groups excluding carboxylic acids is 1. The summed E-state index contributed by atoms with van der Waals surface area (Å²) in [6.07, 6.45) is 2.30. The maximum absolute atomic E-state index is 13.2. The Morgan fingerprint density at radius 2 is 1.53 bits per heavy atom. The highest BCUT2D eigenvalue weighted by Gasteiger charge is 2.20. The van der Waals surface area contributed by atoms with Crippen molar-refractivity contribution in [2.24, 2.45) is 0 Å². The van der Waals surface area contributed by atoms with Crippen LogP contribution in [0.4, 0.5) is 15.8 Å². The van der Waals surface area contributed by atoms with Crippen LogP contribution in [0.1, 0.15) is 10.4 Å². The first-order valence-corrected chi connectivity index (χ1v) is 11.4. The molecule has 0 fully saturated rings. The number of methoxy groups -OCH3 is 1. The average Bonchev–Trinajstić information content (AvgIpc) is 2.86. The Balaban J connectivity index is 1.54. The van der Waals surface area contributed by atoms with Gasteiger partial charge in [0.1, 0.15) is 10.7 Å². The van der Waals surface area contributed by atoms with Gasteiger partial charge in [0.25, 0.3) is 5.91 Å². The molecule has 0 atom stereocenters. The van der Waals surface area contributed by atoms with Crippen molar-refractivity contribution in [3.05, 3.63) is 90.5 Å². The predicted octanol–water partition coefficient (Wildman–Crippen LogP) is 3.96. The molecule has 3 aromatic carbocycles. The first-order chi connectivity index (χ1) is 16.3. The lowest BCUT2D eigenvalue weighted by atomic mass is 10.0. The number of nitrogens with one attached hydrogen (secondary N) is 1. The van der Waals surface area contributed by atoms with Crippen LogP contribution in [0.2, 0.25) is 0 Å². The molecule has 0 bridgehead atoms. The molecule has 0 aliphatic rings. The Labute approximate surface area is 195 Å². The molecular weight excluding hydrogens is 459 g/mol. The molecule has 0 radical (unpaired) electrons. The molecule has 3 N–H and O–H groups in total. The number of aromatic nitrogens is 2. The highest BCUT2D eigenvalue weighted by Crippen LogP contribution is 2.28. The van der Waals surface area contributed by atoms with E-state index in [9.17, 15) is 17.6 Å². The second-order valence-electron chi connectivity index (χ2n) is 7.20. The lowest BCUT2D eigenvalue weighted by Gasteiger charge is -2.11. The van der Waals surface area contributed by atoms with E-state index in [1.165, 1.54) is 43.5 Å². The zero-order valence-electron chi connectivity index (χ0n) is 17.9.